The third kappa shape index (κ3) is 6.47. The van der Waals surface area contributed by atoms with E-state index in [0.29, 0.717) is 17.4 Å². The number of nitro benzene ring substituents is 1. The van der Waals surface area contributed by atoms with Crippen LogP contribution in [0, 0.1) is 24.0 Å². The second kappa shape index (κ2) is 13.1. The van der Waals surface area contributed by atoms with Crippen LogP contribution in [0.2, 0.25) is 0 Å². The highest BCUT2D eigenvalue weighted by Gasteiger charge is 2.33. The first-order chi connectivity index (χ1) is 21.2. The SMILES string of the molecule is COc1ccc(C2=NN(C(=O)CSc3nnc(CNC(=O)c4cccc([N+](=O)[O-])c4C)n3C)[C@@H](c3ccc(C)cc3)C2)cc1. The van der Waals surface area contributed by atoms with Crippen LogP contribution in [0.3, 0.4) is 0 Å². The molecule has 4 aromatic rings. The summed E-state index contributed by atoms with van der Waals surface area (Å²) in [5, 5.41) is 29.2. The van der Waals surface area contributed by atoms with Gasteiger partial charge in [-0.05, 0) is 55.3 Å². The van der Waals surface area contributed by atoms with E-state index in [1.165, 1.54) is 36.9 Å². The highest BCUT2D eigenvalue weighted by molar-refractivity contribution is 7.99. The number of nitro groups is 1. The number of hydrazone groups is 1. The normalized spacial score (nSPS) is 14.3. The molecule has 0 bridgehead atoms. The van der Waals surface area contributed by atoms with Gasteiger partial charge in [0.2, 0.25) is 0 Å². The summed E-state index contributed by atoms with van der Waals surface area (Å²) < 4.78 is 6.98. The lowest BCUT2D eigenvalue weighted by Gasteiger charge is -2.22. The molecule has 12 nitrogen and oxygen atoms in total. The molecule has 0 aliphatic carbocycles. The Morgan fingerprint density at radius 1 is 1.07 bits per heavy atom. The fourth-order valence-electron chi connectivity index (χ4n) is 4.89. The van der Waals surface area contributed by atoms with Crippen molar-refractivity contribution in [1.82, 2.24) is 25.1 Å². The molecule has 226 valence electrons. The van der Waals surface area contributed by atoms with Crippen LogP contribution < -0.4 is 10.1 Å². The molecule has 2 heterocycles. The van der Waals surface area contributed by atoms with E-state index in [2.05, 4.69) is 15.5 Å². The molecule has 3 aromatic carbocycles. The van der Waals surface area contributed by atoms with Gasteiger partial charge in [0.25, 0.3) is 17.5 Å². The minimum Gasteiger partial charge on any atom is -0.497 e. The Hall–Kier alpha value is -5.04. The standard InChI is InChI=1S/C31H31N7O5S/c1-19-8-10-22(11-9-19)27-16-25(21-12-14-23(43-4)15-13-21)35-37(27)29(39)18-44-31-34-33-28(36(31)3)17-32-30(40)24-6-5-7-26(20(24)2)38(41)42/h5-15,27H,16-18H2,1-4H3,(H,32,40)/t27-/m1/s1. The Bertz CT molecular complexity index is 1740. The number of carbonyl (C=O) groups excluding carboxylic acids is 2. The molecular formula is C31H31N7O5S. The molecule has 1 aliphatic heterocycles. The fourth-order valence-corrected chi connectivity index (χ4v) is 5.67. The Morgan fingerprint density at radius 3 is 2.48 bits per heavy atom. The van der Waals surface area contributed by atoms with Gasteiger partial charge in [0.05, 0.1) is 36.1 Å². The van der Waals surface area contributed by atoms with Crippen molar-refractivity contribution >= 4 is 35.0 Å². The molecule has 0 saturated carbocycles. The van der Waals surface area contributed by atoms with E-state index in [0.717, 1.165) is 28.2 Å². The first-order valence-corrected chi connectivity index (χ1v) is 14.8. The Kier molecular flexibility index (Phi) is 9.04. The van der Waals surface area contributed by atoms with E-state index in [4.69, 9.17) is 9.84 Å². The van der Waals surface area contributed by atoms with Crippen LogP contribution >= 0.6 is 11.8 Å². The van der Waals surface area contributed by atoms with Gasteiger partial charge in [0, 0.05) is 30.7 Å². The molecule has 1 aliphatic rings. The fraction of sp³-hybridized carbons (Fsp3) is 0.258. The van der Waals surface area contributed by atoms with Crippen molar-refractivity contribution in [3.8, 4) is 5.75 Å². The van der Waals surface area contributed by atoms with Gasteiger partial charge >= 0.3 is 0 Å². The summed E-state index contributed by atoms with van der Waals surface area (Å²) >= 11 is 1.23. The molecule has 0 saturated heterocycles. The van der Waals surface area contributed by atoms with E-state index >= 15 is 0 Å². The molecule has 1 N–H and O–H groups in total. The van der Waals surface area contributed by atoms with E-state index in [1.54, 1.807) is 23.7 Å². The zero-order valence-electron chi connectivity index (χ0n) is 24.7. The largest absolute Gasteiger partial charge is 0.497 e. The number of carbonyl (C=O) groups is 2. The number of aromatic nitrogens is 3. The second-order valence-corrected chi connectivity index (χ2v) is 11.2. The molecular weight excluding hydrogens is 582 g/mol. The van der Waals surface area contributed by atoms with E-state index in [1.807, 2.05) is 55.5 Å². The van der Waals surface area contributed by atoms with Crippen molar-refractivity contribution in [2.24, 2.45) is 12.1 Å². The van der Waals surface area contributed by atoms with Crippen LogP contribution in [0.25, 0.3) is 0 Å². The molecule has 0 spiro atoms. The molecule has 5 rings (SSSR count). The predicted molar refractivity (Wildman–Crippen MR) is 166 cm³/mol. The number of nitrogens with zero attached hydrogens (tertiary/aromatic N) is 6. The minimum atomic E-state index is -0.518. The molecule has 1 aromatic heterocycles. The van der Waals surface area contributed by atoms with Gasteiger partial charge in [-0.15, -0.1) is 10.2 Å². The molecule has 44 heavy (non-hydrogen) atoms. The average Bonchev–Trinajstić information content (AvgIpc) is 3.63. The Balaban J connectivity index is 1.27. The number of rotatable bonds is 10. The summed E-state index contributed by atoms with van der Waals surface area (Å²) in [5.74, 6) is 0.652. The van der Waals surface area contributed by atoms with Crippen LogP contribution in [0.15, 0.2) is 77.0 Å². The summed E-state index contributed by atoms with van der Waals surface area (Å²) in [6.45, 7) is 3.61. The summed E-state index contributed by atoms with van der Waals surface area (Å²) in [6.07, 6.45) is 0.573. The maximum atomic E-state index is 13.6. The summed E-state index contributed by atoms with van der Waals surface area (Å²) in [4.78, 5) is 37.0. The number of amides is 2. The van der Waals surface area contributed by atoms with Gasteiger partial charge in [-0.1, -0.05) is 47.7 Å². The van der Waals surface area contributed by atoms with E-state index in [9.17, 15) is 19.7 Å². The molecule has 0 radical (unpaired) electrons. The number of thioether (sulfide) groups is 1. The second-order valence-electron chi connectivity index (χ2n) is 10.3. The lowest BCUT2D eigenvalue weighted by atomic mass is 9.97. The molecule has 2 amide bonds. The first-order valence-electron chi connectivity index (χ1n) is 13.8. The molecule has 1 atom stereocenters. The zero-order chi connectivity index (χ0) is 31.4. The topological polar surface area (TPSA) is 145 Å². The number of benzene rings is 3. The predicted octanol–water partition coefficient (Wildman–Crippen LogP) is 4.75. The zero-order valence-corrected chi connectivity index (χ0v) is 25.5. The highest BCUT2D eigenvalue weighted by Crippen LogP contribution is 2.34. The number of methoxy groups -OCH3 is 1. The lowest BCUT2D eigenvalue weighted by Crippen LogP contribution is -2.28. The summed E-state index contributed by atoms with van der Waals surface area (Å²) in [6, 6.07) is 19.8. The van der Waals surface area contributed by atoms with Crippen molar-refractivity contribution in [2.45, 2.75) is 38.0 Å². The van der Waals surface area contributed by atoms with Crippen LogP contribution in [0.4, 0.5) is 5.69 Å². The maximum absolute atomic E-state index is 13.6. The highest BCUT2D eigenvalue weighted by atomic mass is 32.2. The number of nitrogens with one attached hydrogen (secondary N) is 1. The Labute approximate surface area is 258 Å². The number of ether oxygens (including phenoxy) is 1. The monoisotopic (exact) mass is 613 g/mol. The van der Waals surface area contributed by atoms with Gasteiger partial charge in [0.15, 0.2) is 11.0 Å². The van der Waals surface area contributed by atoms with Crippen LogP contribution in [0.5, 0.6) is 5.75 Å². The lowest BCUT2D eigenvalue weighted by molar-refractivity contribution is -0.385. The van der Waals surface area contributed by atoms with Crippen molar-refractivity contribution < 1.29 is 19.2 Å². The van der Waals surface area contributed by atoms with Crippen LogP contribution in [-0.4, -0.2) is 55.1 Å². The molecule has 0 fully saturated rings. The smallest absolute Gasteiger partial charge is 0.273 e. The van der Waals surface area contributed by atoms with E-state index < -0.39 is 10.8 Å². The van der Waals surface area contributed by atoms with Crippen molar-refractivity contribution in [3.05, 3.63) is 110 Å². The number of hydrogen-bond acceptors (Lipinski definition) is 9. The van der Waals surface area contributed by atoms with Crippen molar-refractivity contribution in [3.63, 3.8) is 0 Å². The van der Waals surface area contributed by atoms with Gasteiger partial charge in [-0.2, -0.15) is 5.10 Å². The number of aryl methyl sites for hydroxylation is 1. The third-order valence-electron chi connectivity index (χ3n) is 7.45. The quantitative estimate of drug-likeness (QED) is 0.153. The van der Waals surface area contributed by atoms with Gasteiger partial charge in [-0.3, -0.25) is 19.7 Å². The van der Waals surface area contributed by atoms with Crippen molar-refractivity contribution in [2.75, 3.05) is 12.9 Å². The molecule has 13 heteroatoms. The average molecular weight is 614 g/mol. The van der Waals surface area contributed by atoms with Gasteiger partial charge < -0.3 is 14.6 Å². The third-order valence-corrected chi connectivity index (χ3v) is 8.46. The van der Waals surface area contributed by atoms with E-state index in [-0.39, 0.29) is 41.1 Å². The minimum absolute atomic E-state index is 0.0517. The first kappa shape index (κ1) is 30.4. The van der Waals surface area contributed by atoms with Crippen LogP contribution in [-0.2, 0) is 18.4 Å². The van der Waals surface area contributed by atoms with Gasteiger partial charge in [-0.25, -0.2) is 5.01 Å². The van der Waals surface area contributed by atoms with Gasteiger partial charge in [0.1, 0.15) is 5.75 Å². The summed E-state index contributed by atoms with van der Waals surface area (Å²) in [7, 11) is 3.36. The van der Waals surface area contributed by atoms with Crippen molar-refractivity contribution in [1.29, 1.82) is 0 Å². The Morgan fingerprint density at radius 2 is 1.80 bits per heavy atom. The molecule has 0 unspecified atom stereocenters. The summed E-state index contributed by atoms with van der Waals surface area (Å²) in [5.41, 5.74) is 4.24. The number of hydrogen-bond donors (Lipinski definition) is 1. The van der Waals surface area contributed by atoms with Crippen LogP contribution in [0.1, 0.15) is 50.9 Å². The maximum Gasteiger partial charge on any atom is 0.273 e.